The number of ketones is 1. The zero-order valence-corrected chi connectivity index (χ0v) is 11.7. The van der Waals surface area contributed by atoms with Crippen molar-refractivity contribution < 1.29 is 14.0 Å². The van der Waals surface area contributed by atoms with E-state index >= 15 is 0 Å². The fourth-order valence-corrected chi connectivity index (χ4v) is 1.78. The number of nitrogens with zero attached hydrogens (tertiary/aromatic N) is 1. The van der Waals surface area contributed by atoms with Crippen LogP contribution in [0.15, 0.2) is 59.2 Å². The molecule has 22 heavy (non-hydrogen) atoms. The van der Waals surface area contributed by atoms with Crippen molar-refractivity contribution in [3.05, 3.63) is 66.1 Å². The minimum Gasteiger partial charge on any atom is -0.467 e. The van der Waals surface area contributed by atoms with E-state index in [1.165, 1.54) is 12.3 Å². The molecule has 0 unspecified atom stereocenters. The van der Waals surface area contributed by atoms with Crippen LogP contribution in [0.5, 0.6) is 0 Å². The van der Waals surface area contributed by atoms with Crippen molar-refractivity contribution in [2.75, 3.05) is 0 Å². The fraction of sp³-hybridized carbons (Fsp3) is 0.118. The smallest absolute Gasteiger partial charge is 0.245 e. The van der Waals surface area contributed by atoms with Crippen LogP contribution in [0.4, 0.5) is 0 Å². The maximum atomic E-state index is 12.0. The van der Waals surface area contributed by atoms with Crippen molar-refractivity contribution in [2.45, 2.75) is 6.54 Å². The SMILES string of the molecule is N#C[C@H](C(=O)/C=C\c1ccccc1)C(=O)NCc1ccco1. The van der Waals surface area contributed by atoms with E-state index in [1.807, 2.05) is 30.3 Å². The molecule has 5 heteroatoms. The predicted octanol–water partition coefficient (Wildman–Crippen LogP) is 2.32. The Hall–Kier alpha value is -3.13. The molecular weight excluding hydrogens is 280 g/mol. The van der Waals surface area contributed by atoms with Crippen LogP contribution in [0.1, 0.15) is 11.3 Å². The first-order valence-electron chi connectivity index (χ1n) is 6.67. The Kier molecular flexibility index (Phi) is 5.27. The molecule has 1 aromatic carbocycles. The summed E-state index contributed by atoms with van der Waals surface area (Å²) in [5, 5.41) is 11.5. The third-order valence-electron chi connectivity index (χ3n) is 2.93. The fourth-order valence-electron chi connectivity index (χ4n) is 1.78. The summed E-state index contributed by atoms with van der Waals surface area (Å²) in [6, 6.07) is 14.3. The number of furan rings is 1. The van der Waals surface area contributed by atoms with Gasteiger partial charge in [-0.3, -0.25) is 9.59 Å². The molecule has 1 atom stereocenters. The minimum atomic E-state index is -1.37. The van der Waals surface area contributed by atoms with Crippen LogP contribution >= 0.6 is 0 Å². The number of rotatable bonds is 6. The van der Waals surface area contributed by atoms with E-state index in [0.29, 0.717) is 5.76 Å². The van der Waals surface area contributed by atoms with Gasteiger partial charge in [0.25, 0.3) is 0 Å². The first-order valence-corrected chi connectivity index (χ1v) is 6.67. The summed E-state index contributed by atoms with van der Waals surface area (Å²) in [5.41, 5.74) is 0.823. The van der Waals surface area contributed by atoms with Gasteiger partial charge in [0.15, 0.2) is 11.7 Å². The molecule has 0 saturated carbocycles. The van der Waals surface area contributed by atoms with Crippen molar-refractivity contribution in [1.29, 1.82) is 5.26 Å². The summed E-state index contributed by atoms with van der Waals surface area (Å²) in [6.45, 7) is 0.139. The van der Waals surface area contributed by atoms with Gasteiger partial charge in [-0.1, -0.05) is 36.4 Å². The molecule has 0 bridgehead atoms. The van der Waals surface area contributed by atoms with Gasteiger partial charge in [0.05, 0.1) is 18.9 Å². The summed E-state index contributed by atoms with van der Waals surface area (Å²) in [5.74, 6) is -2.00. The molecule has 0 aliphatic rings. The highest BCUT2D eigenvalue weighted by Crippen LogP contribution is 2.06. The second-order valence-electron chi connectivity index (χ2n) is 4.51. The van der Waals surface area contributed by atoms with Gasteiger partial charge in [0, 0.05) is 0 Å². The van der Waals surface area contributed by atoms with Gasteiger partial charge in [-0.2, -0.15) is 5.26 Å². The molecule has 0 aliphatic carbocycles. The molecule has 2 rings (SSSR count). The lowest BCUT2D eigenvalue weighted by atomic mass is 10.0. The van der Waals surface area contributed by atoms with Crippen molar-refractivity contribution >= 4 is 17.8 Å². The monoisotopic (exact) mass is 294 g/mol. The van der Waals surface area contributed by atoms with Gasteiger partial charge in [-0.05, 0) is 23.8 Å². The second-order valence-corrected chi connectivity index (χ2v) is 4.51. The molecule has 1 aromatic heterocycles. The van der Waals surface area contributed by atoms with E-state index in [-0.39, 0.29) is 6.54 Å². The number of carbonyl (C=O) groups excluding carboxylic acids is 2. The van der Waals surface area contributed by atoms with Crippen molar-refractivity contribution in [2.24, 2.45) is 5.92 Å². The van der Waals surface area contributed by atoms with E-state index in [9.17, 15) is 9.59 Å². The highest BCUT2D eigenvalue weighted by Gasteiger charge is 2.24. The van der Waals surface area contributed by atoms with E-state index in [2.05, 4.69) is 5.32 Å². The molecular formula is C17H14N2O3. The number of carbonyl (C=O) groups is 2. The Balaban J connectivity index is 1.95. The lowest BCUT2D eigenvalue weighted by Crippen LogP contribution is -2.33. The number of nitriles is 1. The molecule has 110 valence electrons. The van der Waals surface area contributed by atoms with Crippen LogP contribution in [-0.2, 0) is 16.1 Å². The molecule has 5 nitrogen and oxygen atoms in total. The van der Waals surface area contributed by atoms with Gasteiger partial charge >= 0.3 is 0 Å². The molecule has 0 saturated heterocycles. The van der Waals surface area contributed by atoms with Crippen LogP contribution in [-0.4, -0.2) is 11.7 Å². The van der Waals surface area contributed by atoms with E-state index in [1.54, 1.807) is 24.3 Å². The van der Waals surface area contributed by atoms with E-state index < -0.39 is 17.6 Å². The summed E-state index contributed by atoms with van der Waals surface area (Å²) >= 11 is 0. The Bertz CT molecular complexity index is 697. The zero-order valence-electron chi connectivity index (χ0n) is 11.7. The van der Waals surface area contributed by atoms with Gasteiger partial charge in [0.2, 0.25) is 5.91 Å². The summed E-state index contributed by atoms with van der Waals surface area (Å²) in [7, 11) is 0. The topological polar surface area (TPSA) is 83.1 Å². The molecule has 0 spiro atoms. The number of nitrogens with one attached hydrogen (secondary N) is 1. The Morgan fingerprint density at radius 2 is 2.00 bits per heavy atom. The van der Waals surface area contributed by atoms with Gasteiger partial charge < -0.3 is 9.73 Å². The van der Waals surface area contributed by atoms with Crippen molar-refractivity contribution in [3.63, 3.8) is 0 Å². The number of amides is 1. The third kappa shape index (κ3) is 4.18. The molecule has 0 radical (unpaired) electrons. The van der Waals surface area contributed by atoms with E-state index in [4.69, 9.17) is 9.68 Å². The average molecular weight is 294 g/mol. The molecule has 2 aromatic rings. The van der Waals surface area contributed by atoms with Gasteiger partial charge in [-0.25, -0.2) is 0 Å². The summed E-state index contributed by atoms with van der Waals surface area (Å²) in [6.07, 6.45) is 4.30. The summed E-state index contributed by atoms with van der Waals surface area (Å²) < 4.78 is 5.07. The van der Waals surface area contributed by atoms with Crippen LogP contribution in [0, 0.1) is 17.2 Å². The van der Waals surface area contributed by atoms with Gasteiger partial charge in [0.1, 0.15) is 5.76 Å². The van der Waals surface area contributed by atoms with Gasteiger partial charge in [-0.15, -0.1) is 0 Å². The zero-order chi connectivity index (χ0) is 15.8. The van der Waals surface area contributed by atoms with Crippen molar-refractivity contribution in [1.82, 2.24) is 5.32 Å². The number of hydrogen-bond acceptors (Lipinski definition) is 4. The summed E-state index contributed by atoms with van der Waals surface area (Å²) in [4.78, 5) is 23.8. The van der Waals surface area contributed by atoms with Crippen molar-refractivity contribution in [3.8, 4) is 6.07 Å². The Labute approximate surface area is 127 Å². The first kappa shape index (κ1) is 15.3. The largest absolute Gasteiger partial charge is 0.467 e. The number of benzene rings is 1. The molecule has 1 heterocycles. The number of allylic oxidation sites excluding steroid dienone is 1. The predicted molar refractivity (Wildman–Crippen MR) is 80.1 cm³/mol. The Morgan fingerprint density at radius 1 is 1.23 bits per heavy atom. The Morgan fingerprint density at radius 3 is 2.64 bits per heavy atom. The molecule has 1 amide bonds. The quantitative estimate of drug-likeness (QED) is 0.654. The highest BCUT2D eigenvalue weighted by atomic mass is 16.3. The average Bonchev–Trinajstić information content (AvgIpc) is 3.06. The maximum absolute atomic E-state index is 12.0. The standard InChI is InChI=1S/C17H14N2O3/c18-11-15(17(21)19-12-14-7-4-10-22-14)16(20)9-8-13-5-2-1-3-6-13/h1-10,15H,12H2,(H,19,21)/b9-8-/t15-/m1/s1. The normalized spacial score (nSPS) is 11.8. The van der Waals surface area contributed by atoms with Crippen LogP contribution in [0.25, 0.3) is 6.08 Å². The lowest BCUT2D eigenvalue weighted by Gasteiger charge is -2.06. The first-order chi connectivity index (χ1) is 10.7. The van der Waals surface area contributed by atoms with Crippen LogP contribution in [0.3, 0.4) is 0 Å². The lowest BCUT2D eigenvalue weighted by molar-refractivity contribution is -0.129. The molecule has 0 fully saturated rings. The minimum absolute atomic E-state index is 0.139. The van der Waals surface area contributed by atoms with Crippen LogP contribution in [0.2, 0.25) is 0 Å². The maximum Gasteiger partial charge on any atom is 0.245 e. The third-order valence-corrected chi connectivity index (χ3v) is 2.93. The second kappa shape index (κ2) is 7.60. The molecule has 1 N–H and O–H groups in total. The highest BCUT2D eigenvalue weighted by molar-refractivity contribution is 6.10. The number of hydrogen-bond donors (Lipinski definition) is 1. The van der Waals surface area contributed by atoms with E-state index in [0.717, 1.165) is 5.56 Å². The van der Waals surface area contributed by atoms with Crippen LogP contribution < -0.4 is 5.32 Å². The molecule has 0 aliphatic heterocycles.